The molecule has 1 aliphatic carbocycles. The molecular formula is C14H20O3. The van der Waals surface area contributed by atoms with Crippen molar-refractivity contribution in [2.24, 2.45) is 5.41 Å². The SMILES string of the molecule is C/C1=C\[C@@H](O)C(C)(C)/C=C/C(=O)/C=C/[C@@H](O)C1. The third kappa shape index (κ3) is 4.29. The number of allylic oxidation sites excluding steroid dienone is 2. The monoisotopic (exact) mass is 236 g/mol. The zero-order valence-electron chi connectivity index (χ0n) is 10.6. The van der Waals surface area contributed by atoms with Crippen molar-refractivity contribution in [1.29, 1.82) is 0 Å². The van der Waals surface area contributed by atoms with E-state index in [-0.39, 0.29) is 5.78 Å². The van der Waals surface area contributed by atoms with Gasteiger partial charge in [-0.05, 0) is 25.5 Å². The smallest absolute Gasteiger partial charge is 0.178 e. The molecule has 0 aliphatic heterocycles. The summed E-state index contributed by atoms with van der Waals surface area (Å²) in [6.45, 7) is 5.59. The second kappa shape index (κ2) is 5.43. The molecule has 0 saturated carbocycles. The third-order valence-electron chi connectivity index (χ3n) is 2.90. The van der Waals surface area contributed by atoms with Crippen molar-refractivity contribution in [1.82, 2.24) is 0 Å². The van der Waals surface area contributed by atoms with Gasteiger partial charge in [0, 0.05) is 5.41 Å². The minimum Gasteiger partial charge on any atom is -0.389 e. The molecule has 2 atom stereocenters. The Bertz CT molecular complexity index is 375. The Kier molecular flexibility index (Phi) is 4.43. The number of aliphatic hydroxyl groups excluding tert-OH is 2. The quantitative estimate of drug-likeness (QED) is 0.630. The molecule has 3 heteroatoms. The van der Waals surface area contributed by atoms with Crippen LogP contribution in [0.1, 0.15) is 27.2 Å². The van der Waals surface area contributed by atoms with Crippen molar-refractivity contribution in [2.75, 3.05) is 0 Å². The van der Waals surface area contributed by atoms with E-state index in [1.807, 2.05) is 20.8 Å². The summed E-state index contributed by atoms with van der Waals surface area (Å²) in [6, 6.07) is 0. The van der Waals surface area contributed by atoms with Gasteiger partial charge in [-0.1, -0.05) is 37.6 Å². The number of carbonyl (C=O) groups is 1. The van der Waals surface area contributed by atoms with Crippen LogP contribution in [0.25, 0.3) is 0 Å². The van der Waals surface area contributed by atoms with Crippen molar-refractivity contribution < 1.29 is 15.0 Å². The highest BCUT2D eigenvalue weighted by Crippen LogP contribution is 2.25. The number of ketones is 1. The Hall–Kier alpha value is -1.19. The van der Waals surface area contributed by atoms with Gasteiger partial charge >= 0.3 is 0 Å². The first-order valence-corrected chi connectivity index (χ1v) is 5.76. The van der Waals surface area contributed by atoms with Gasteiger partial charge < -0.3 is 10.2 Å². The average molecular weight is 236 g/mol. The molecule has 0 fully saturated rings. The van der Waals surface area contributed by atoms with Crippen LogP contribution in [0.2, 0.25) is 0 Å². The maximum atomic E-state index is 11.5. The molecule has 3 nitrogen and oxygen atoms in total. The number of hydrogen-bond acceptors (Lipinski definition) is 3. The van der Waals surface area contributed by atoms with E-state index in [2.05, 4.69) is 0 Å². The summed E-state index contributed by atoms with van der Waals surface area (Å²) in [5.74, 6) is -0.177. The van der Waals surface area contributed by atoms with E-state index >= 15 is 0 Å². The zero-order valence-corrected chi connectivity index (χ0v) is 10.6. The zero-order chi connectivity index (χ0) is 13.1. The highest BCUT2D eigenvalue weighted by Gasteiger charge is 2.23. The Morgan fingerprint density at radius 1 is 1.29 bits per heavy atom. The van der Waals surface area contributed by atoms with Gasteiger partial charge in [-0.25, -0.2) is 0 Å². The maximum Gasteiger partial charge on any atom is 0.178 e. The number of hydrogen-bond donors (Lipinski definition) is 2. The van der Waals surface area contributed by atoms with Crippen molar-refractivity contribution >= 4 is 5.78 Å². The lowest BCUT2D eigenvalue weighted by molar-refractivity contribution is -0.110. The van der Waals surface area contributed by atoms with Gasteiger partial charge in [0.2, 0.25) is 0 Å². The summed E-state index contributed by atoms with van der Waals surface area (Å²) < 4.78 is 0. The molecule has 0 aromatic rings. The second-order valence-corrected chi connectivity index (χ2v) is 5.15. The van der Waals surface area contributed by atoms with E-state index in [4.69, 9.17) is 0 Å². The van der Waals surface area contributed by atoms with Gasteiger partial charge in [-0.15, -0.1) is 0 Å². The Morgan fingerprint density at radius 3 is 2.59 bits per heavy atom. The summed E-state index contributed by atoms with van der Waals surface area (Å²) in [4.78, 5) is 11.5. The first-order chi connectivity index (χ1) is 7.81. The lowest BCUT2D eigenvalue weighted by Crippen LogP contribution is -2.25. The highest BCUT2D eigenvalue weighted by molar-refractivity contribution is 5.99. The maximum absolute atomic E-state index is 11.5. The average Bonchev–Trinajstić information content (AvgIpc) is 2.23. The number of rotatable bonds is 0. The van der Waals surface area contributed by atoms with Crippen molar-refractivity contribution in [3.63, 3.8) is 0 Å². The van der Waals surface area contributed by atoms with Crippen LogP contribution >= 0.6 is 0 Å². The van der Waals surface area contributed by atoms with E-state index in [0.29, 0.717) is 6.42 Å². The summed E-state index contributed by atoms with van der Waals surface area (Å²) in [5.41, 5.74) is 0.408. The highest BCUT2D eigenvalue weighted by atomic mass is 16.3. The molecule has 0 aromatic heterocycles. The largest absolute Gasteiger partial charge is 0.389 e. The van der Waals surface area contributed by atoms with Crippen molar-refractivity contribution in [2.45, 2.75) is 39.4 Å². The Balaban J connectivity index is 3.06. The molecule has 1 aliphatic rings. The predicted octanol–water partition coefficient (Wildman–Crippen LogP) is 1.77. The molecule has 2 N–H and O–H groups in total. The second-order valence-electron chi connectivity index (χ2n) is 5.15. The molecule has 0 spiro atoms. The molecule has 0 amide bonds. The van der Waals surface area contributed by atoms with E-state index in [1.54, 1.807) is 12.2 Å². The van der Waals surface area contributed by atoms with Crippen molar-refractivity contribution in [3.8, 4) is 0 Å². The van der Waals surface area contributed by atoms with Crippen LogP contribution < -0.4 is 0 Å². The molecule has 0 unspecified atom stereocenters. The number of aliphatic hydroxyl groups is 2. The molecular weight excluding hydrogens is 216 g/mol. The van der Waals surface area contributed by atoms with E-state index in [9.17, 15) is 15.0 Å². The molecule has 0 aromatic carbocycles. The molecule has 0 radical (unpaired) electrons. The minimum atomic E-state index is -0.683. The summed E-state index contributed by atoms with van der Waals surface area (Å²) in [5, 5.41) is 19.7. The molecule has 0 saturated heterocycles. The third-order valence-corrected chi connectivity index (χ3v) is 2.90. The minimum absolute atomic E-state index is 0.177. The first kappa shape index (κ1) is 13.9. The van der Waals surface area contributed by atoms with Gasteiger partial charge in [0.25, 0.3) is 0 Å². The van der Waals surface area contributed by atoms with Crippen LogP contribution in [0.4, 0.5) is 0 Å². The lowest BCUT2D eigenvalue weighted by atomic mass is 9.84. The van der Waals surface area contributed by atoms with Gasteiger partial charge in [-0.2, -0.15) is 0 Å². The van der Waals surface area contributed by atoms with Gasteiger partial charge in [-0.3, -0.25) is 4.79 Å². The Morgan fingerprint density at radius 2 is 1.94 bits per heavy atom. The summed E-state index contributed by atoms with van der Waals surface area (Å²) >= 11 is 0. The first-order valence-electron chi connectivity index (χ1n) is 5.76. The topological polar surface area (TPSA) is 57.5 Å². The molecule has 1 rings (SSSR count). The van der Waals surface area contributed by atoms with E-state index in [0.717, 1.165) is 5.57 Å². The van der Waals surface area contributed by atoms with Crippen molar-refractivity contribution in [3.05, 3.63) is 36.0 Å². The summed E-state index contributed by atoms with van der Waals surface area (Å²) in [6.07, 6.45) is 6.78. The van der Waals surface area contributed by atoms with Gasteiger partial charge in [0.1, 0.15) is 0 Å². The van der Waals surface area contributed by atoms with Crippen LogP contribution in [0.3, 0.4) is 0 Å². The van der Waals surface area contributed by atoms with Crippen LogP contribution in [-0.2, 0) is 4.79 Å². The fourth-order valence-electron chi connectivity index (χ4n) is 1.61. The Labute approximate surface area is 102 Å². The fourth-order valence-corrected chi connectivity index (χ4v) is 1.61. The standard InChI is InChI=1S/C14H20O3/c1-10-8-12(16)5-4-11(15)6-7-14(2,3)13(17)9-10/h4-7,9,12-13,16-17H,8H2,1-3H3/b5-4+,7-6+,10-9+/t12-,13-/m1/s1. The molecule has 94 valence electrons. The summed E-state index contributed by atoms with van der Waals surface area (Å²) in [7, 11) is 0. The van der Waals surface area contributed by atoms with Crippen LogP contribution in [-0.4, -0.2) is 28.2 Å². The van der Waals surface area contributed by atoms with Crippen LogP contribution in [0, 0.1) is 5.41 Å². The van der Waals surface area contributed by atoms with Gasteiger partial charge in [0.05, 0.1) is 12.2 Å². The van der Waals surface area contributed by atoms with Crippen LogP contribution in [0.5, 0.6) is 0 Å². The normalized spacial score (nSPS) is 36.5. The van der Waals surface area contributed by atoms with Crippen LogP contribution in [0.15, 0.2) is 36.0 Å². The fraction of sp³-hybridized carbons (Fsp3) is 0.500. The lowest BCUT2D eigenvalue weighted by Gasteiger charge is -2.25. The molecule has 0 heterocycles. The van der Waals surface area contributed by atoms with Gasteiger partial charge in [0.15, 0.2) is 5.78 Å². The number of carbonyl (C=O) groups excluding carboxylic acids is 1. The molecule has 0 bridgehead atoms. The van der Waals surface area contributed by atoms with E-state index in [1.165, 1.54) is 18.2 Å². The predicted molar refractivity (Wildman–Crippen MR) is 67.5 cm³/mol. The molecule has 17 heavy (non-hydrogen) atoms. The van der Waals surface area contributed by atoms with E-state index < -0.39 is 17.6 Å².